The van der Waals surface area contributed by atoms with Crippen molar-refractivity contribution in [3.05, 3.63) is 41.2 Å². The monoisotopic (exact) mass is 505 g/mol. The first-order chi connectivity index (χ1) is 11.8. The summed E-state index contributed by atoms with van der Waals surface area (Å²) in [4.78, 5) is 39.5. The molecule has 1 aromatic heterocycles. The van der Waals surface area contributed by atoms with E-state index in [0.717, 1.165) is 15.8 Å². The summed E-state index contributed by atoms with van der Waals surface area (Å²) < 4.78 is 6.91. The molecule has 2 aliphatic heterocycles. The standard InChI is InChI=1S/C15H9Br2NO5S2/c16-5-1-6-9-11-12(18-14(22)25-11)24-4-15(9,3-8(19)20)13(21)23-10(6)7(17)2-5/h1-2,9H,3-4H2,(H,18,22)(H,19,20)/t9-,15-/m0/s1. The number of carboxylic acids is 1. The average molecular weight is 507 g/mol. The lowest BCUT2D eigenvalue weighted by molar-refractivity contribution is -0.154. The van der Waals surface area contributed by atoms with Crippen LogP contribution in [0.3, 0.4) is 0 Å². The number of H-pyrrole nitrogens is 1. The van der Waals surface area contributed by atoms with Crippen LogP contribution in [0.4, 0.5) is 0 Å². The molecule has 0 fully saturated rings. The van der Waals surface area contributed by atoms with Gasteiger partial charge in [0.1, 0.15) is 11.2 Å². The summed E-state index contributed by atoms with van der Waals surface area (Å²) in [7, 11) is 0. The summed E-state index contributed by atoms with van der Waals surface area (Å²) >= 11 is 9.13. The molecule has 2 aliphatic rings. The van der Waals surface area contributed by atoms with Crippen molar-refractivity contribution in [2.24, 2.45) is 5.41 Å². The molecule has 0 amide bonds. The van der Waals surface area contributed by atoms with Crippen molar-refractivity contribution < 1.29 is 19.4 Å². The van der Waals surface area contributed by atoms with Crippen LogP contribution in [-0.4, -0.2) is 27.8 Å². The number of benzene rings is 1. The first kappa shape index (κ1) is 17.3. The minimum atomic E-state index is -1.25. The number of thioether (sulfide) groups is 1. The molecule has 6 nitrogen and oxygen atoms in total. The minimum Gasteiger partial charge on any atom is -0.481 e. The van der Waals surface area contributed by atoms with E-state index in [-0.39, 0.29) is 17.0 Å². The quantitative estimate of drug-likeness (QED) is 0.477. The molecule has 130 valence electrons. The van der Waals surface area contributed by atoms with Gasteiger partial charge in [-0.05, 0) is 28.1 Å². The van der Waals surface area contributed by atoms with Gasteiger partial charge in [0.15, 0.2) is 0 Å². The first-order valence-electron chi connectivity index (χ1n) is 7.10. The number of nitrogens with one attached hydrogen (secondary N) is 1. The van der Waals surface area contributed by atoms with Crippen LogP contribution in [0, 0.1) is 5.41 Å². The van der Waals surface area contributed by atoms with Gasteiger partial charge < -0.3 is 14.8 Å². The lowest BCUT2D eigenvalue weighted by Crippen LogP contribution is -2.49. The molecule has 0 unspecified atom stereocenters. The fraction of sp³-hybridized carbons (Fsp3) is 0.267. The number of rotatable bonds is 2. The van der Waals surface area contributed by atoms with Crippen molar-refractivity contribution in [1.29, 1.82) is 0 Å². The molecular weight excluding hydrogens is 498 g/mol. The first-order valence-corrected chi connectivity index (χ1v) is 10.5. The zero-order chi connectivity index (χ0) is 17.9. The van der Waals surface area contributed by atoms with E-state index in [4.69, 9.17) is 4.74 Å². The Morgan fingerprint density at radius 1 is 1.40 bits per heavy atom. The molecule has 3 heterocycles. The Kier molecular flexibility index (Phi) is 4.13. The number of aliphatic carboxylic acids is 1. The summed E-state index contributed by atoms with van der Waals surface area (Å²) in [6, 6.07) is 3.58. The van der Waals surface area contributed by atoms with Crippen LogP contribution < -0.4 is 9.61 Å². The van der Waals surface area contributed by atoms with Gasteiger partial charge in [-0.2, -0.15) is 0 Å². The van der Waals surface area contributed by atoms with E-state index < -0.39 is 23.3 Å². The van der Waals surface area contributed by atoms with E-state index >= 15 is 0 Å². The van der Waals surface area contributed by atoms with E-state index in [2.05, 4.69) is 36.8 Å². The Morgan fingerprint density at radius 2 is 2.16 bits per heavy atom. The van der Waals surface area contributed by atoms with Gasteiger partial charge >= 0.3 is 16.8 Å². The molecule has 0 aliphatic carbocycles. The number of hydrogen-bond acceptors (Lipinski definition) is 6. The van der Waals surface area contributed by atoms with Crippen molar-refractivity contribution in [1.82, 2.24) is 4.98 Å². The van der Waals surface area contributed by atoms with Gasteiger partial charge in [-0.3, -0.25) is 14.4 Å². The molecular formula is C15H9Br2NO5S2. The maximum absolute atomic E-state index is 12.9. The molecule has 10 heteroatoms. The van der Waals surface area contributed by atoms with Crippen molar-refractivity contribution in [3.63, 3.8) is 0 Å². The number of fused-ring (bicyclic) bond motifs is 5. The molecule has 1 aromatic carbocycles. The summed E-state index contributed by atoms with van der Waals surface area (Å²) in [6.45, 7) is 0. The zero-order valence-corrected chi connectivity index (χ0v) is 17.1. The van der Waals surface area contributed by atoms with E-state index in [0.29, 0.717) is 25.7 Å². The second kappa shape index (κ2) is 5.97. The summed E-state index contributed by atoms with van der Waals surface area (Å²) in [6.07, 6.45) is -0.362. The lowest BCUT2D eigenvalue weighted by Gasteiger charge is -2.44. The van der Waals surface area contributed by atoms with Crippen molar-refractivity contribution >= 4 is 66.9 Å². The number of aromatic nitrogens is 1. The highest BCUT2D eigenvalue weighted by Crippen LogP contribution is 2.59. The maximum Gasteiger partial charge on any atom is 0.319 e. The third-order valence-corrected chi connectivity index (χ3v) is 7.74. The van der Waals surface area contributed by atoms with Crippen LogP contribution in [0.5, 0.6) is 5.75 Å². The normalized spacial score (nSPS) is 24.1. The molecule has 0 saturated heterocycles. The zero-order valence-electron chi connectivity index (χ0n) is 12.3. The third-order valence-electron chi connectivity index (χ3n) is 4.35. The molecule has 2 atom stereocenters. The van der Waals surface area contributed by atoms with Gasteiger partial charge in [0.2, 0.25) is 0 Å². The van der Waals surface area contributed by atoms with Gasteiger partial charge in [0.25, 0.3) is 0 Å². The predicted molar refractivity (Wildman–Crippen MR) is 99.7 cm³/mol. The Balaban J connectivity index is 2.04. The number of carbonyl (C=O) groups is 2. The minimum absolute atomic E-state index is 0.224. The topological polar surface area (TPSA) is 96.5 Å². The Bertz CT molecular complexity index is 985. The van der Waals surface area contributed by atoms with Gasteiger partial charge in [-0.15, -0.1) is 11.8 Å². The maximum atomic E-state index is 12.9. The van der Waals surface area contributed by atoms with Crippen LogP contribution in [0.2, 0.25) is 0 Å². The van der Waals surface area contributed by atoms with Gasteiger partial charge in [0, 0.05) is 26.6 Å². The van der Waals surface area contributed by atoms with Crippen LogP contribution in [0.25, 0.3) is 0 Å². The number of carbonyl (C=O) groups excluding carboxylic acids is 1. The van der Waals surface area contributed by atoms with Crippen LogP contribution in [0.15, 0.2) is 30.9 Å². The summed E-state index contributed by atoms with van der Waals surface area (Å²) in [5.41, 5.74) is -0.555. The largest absolute Gasteiger partial charge is 0.481 e. The van der Waals surface area contributed by atoms with Gasteiger partial charge in [-0.25, -0.2) is 0 Å². The number of esters is 1. The van der Waals surface area contributed by atoms with Crippen LogP contribution in [0.1, 0.15) is 22.8 Å². The van der Waals surface area contributed by atoms with Crippen LogP contribution >= 0.6 is 55.0 Å². The molecule has 4 rings (SSSR count). The van der Waals surface area contributed by atoms with Gasteiger partial charge in [0.05, 0.1) is 15.9 Å². The fourth-order valence-electron chi connectivity index (χ4n) is 3.37. The highest BCUT2D eigenvalue weighted by molar-refractivity contribution is 9.11. The number of aromatic amines is 1. The second-order valence-corrected chi connectivity index (χ2v) is 9.62. The van der Waals surface area contributed by atoms with Crippen molar-refractivity contribution in [2.45, 2.75) is 17.4 Å². The summed E-state index contributed by atoms with van der Waals surface area (Å²) in [5, 5.41) is 10.1. The van der Waals surface area contributed by atoms with Crippen molar-refractivity contribution in [3.8, 4) is 5.75 Å². The predicted octanol–water partition coefficient (Wildman–Crippen LogP) is 3.58. The molecule has 25 heavy (non-hydrogen) atoms. The number of ether oxygens (including phenoxy) is 1. The SMILES string of the molecule is O=C(O)C[C@]12CSc3[nH]c(=O)sc3[C@@H]1c1cc(Br)cc(Br)c1OC2=O. The number of hydrogen-bond donors (Lipinski definition) is 2. The second-order valence-electron chi connectivity index (χ2n) is 5.85. The Labute approximate surface area is 166 Å². The number of halogens is 2. The van der Waals surface area contributed by atoms with E-state index in [9.17, 15) is 19.5 Å². The number of thiazole rings is 1. The molecule has 2 N–H and O–H groups in total. The molecule has 0 bridgehead atoms. The lowest BCUT2D eigenvalue weighted by atomic mass is 9.68. The smallest absolute Gasteiger partial charge is 0.319 e. The highest BCUT2D eigenvalue weighted by atomic mass is 79.9. The Morgan fingerprint density at radius 3 is 2.88 bits per heavy atom. The Hall–Kier alpha value is -1.10. The van der Waals surface area contributed by atoms with Crippen LogP contribution in [-0.2, 0) is 9.59 Å². The molecule has 0 radical (unpaired) electrons. The van der Waals surface area contributed by atoms with E-state index in [1.807, 2.05) is 6.07 Å². The molecule has 0 saturated carbocycles. The summed E-state index contributed by atoms with van der Waals surface area (Å²) in [5.74, 6) is -1.60. The van der Waals surface area contributed by atoms with Crippen molar-refractivity contribution in [2.75, 3.05) is 5.75 Å². The average Bonchev–Trinajstić information content (AvgIpc) is 2.88. The molecule has 2 aromatic rings. The number of carboxylic acid groups (broad SMARTS) is 1. The fourth-order valence-corrected chi connectivity index (χ4v) is 7.25. The van der Waals surface area contributed by atoms with Gasteiger partial charge in [-0.1, -0.05) is 27.3 Å². The molecule has 0 spiro atoms. The van der Waals surface area contributed by atoms with E-state index in [1.54, 1.807) is 6.07 Å². The highest BCUT2D eigenvalue weighted by Gasteiger charge is 2.57. The van der Waals surface area contributed by atoms with E-state index in [1.165, 1.54) is 11.8 Å². The third kappa shape index (κ3) is 2.61.